The van der Waals surface area contributed by atoms with Crippen LogP contribution in [0.5, 0.6) is 5.75 Å². The number of nitrogens with zero attached hydrogens (tertiary/aromatic N) is 3. The number of benzene rings is 2. The summed E-state index contributed by atoms with van der Waals surface area (Å²) in [5, 5.41) is 7.09. The Morgan fingerprint density at radius 2 is 2.00 bits per heavy atom. The fraction of sp³-hybridized carbons (Fsp3) is 0.320. The van der Waals surface area contributed by atoms with E-state index in [1.165, 1.54) is 6.33 Å². The van der Waals surface area contributed by atoms with Crippen LogP contribution in [-0.2, 0) is 9.53 Å². The quantitative estimate of drug-likeness (QED) is 0.410. The summed E-state index contributed by atoms with van der Waals surface area (Å²) in [5.74, 6) is 1.01. The number of rotatable bonds is 8. The maximum atomic E-state index is 12.8. The molecule has 0 saturated carbocycles. The molecule has 1 fully saturated rings. The number of piperidine rings is 1. The van der Waals surface area contributed by atoms with Gasteiger partial charge in [-0.25, -0.2) is 9.97 Å². The van der Waals surface area contributed by atoms with Gasteiger partial charge in [-0.05, 0) is 37.1 Å². The van der Waals surface area contributed by atoms with Gasteiger partial charge in [0.05, 0.1) is 24.9 Å². The second-order valence-corrected chi connectivity index (χ2v) is 8.97. The predicted molar refractivity (Wildman–Crippen MR) is 138 cm³/mol. The van der Waals surface area contributed by atoms with E-state index in [2.05, 4.69) is 41.4 Å². The van der Waals surface area contributed by atoms with E-state index < -0.39 is 0 Å². The Morgan fingerprint density at radius 1 is 1.18 bits per heavy atom. The molecule has 8 nitrogen and oxygen atoms in total. The number of likely N-dealkylation sites (tertiary alicyclic amines) is 1. The van der Waals surface area contributed by atoms with Crippen molar-refractivity contribution in [1.82, 2.24) is 14.9 Å². The van der Waals surface area contributed by atoms with Crippen molar-refractivity contribution in [2.75, 3.05) is 51.1 Å². The highest BCUT2D eigenvalue weighted by molar-refractivity contribution is 9.10. The number of fused-ring (bicyclic) bond motifs is 1. The summed E-state index contributed by atoms with van der Waals surface area (Å²) in [6.07, 6.45) is 4.96. The van der Waals surface area contributed by atoms with Gasteiger partial charge in [-0.15, -0.1) is 0 Å². The minimum absolute atomic E-state index is 0.170. The van der Waals surface area contributed by atoms with Crippen molar-refractivity contribution in [1.29, 1.82) is 0 Å². The van der Waals surface area contributed by atoms with Crippen LogP contribution in [0.1, 0.15) is 12.8 Å². The van der Waals surface area contributed by atoms with Crippen LogP contribution in [0.2, 0.25) is 0 Å². The van der Waals surface area contributed by atoms with Gasteiger partial charge in [-0.2, -0.15) is 0 Å². The van der Waals surface area contributed by atoms with E-state index in [1.807, 2.05) is 30.3 Å². The molecule has 4 rings (SSSR count). The molecule has 0 radical (unpaired) electrons. The first-order valence-electron chi connectivity index (χ1n) is 11.1. The van der Waals surface area contributed by atoms with E-state index >= 15 is 0 Å². The minimum Gasteiger partial charge on any atom is -0.494 e. The van der Waals surface area contributed by atoms with Crippen LogP contribution in [0, 0.1) is 0 Å². The van der Waals surface area contributed by atoms with Gasteiger partial charge in [-0.1, -0.05) is 27.6 Å². The van der Waals surface area contributed by atoms with Crippen molar-refractivity contribution in [2.45, 2.75) is 12.8 Å². The lowest BCUT2D eigenvalue weighted by molar-refractivity contribution is -0.112. The topological polar surface area (TPSA) is 88.6 Å². The normalized spacial score (nSPS) is 14.1. The summed E-state index contributed by atoms with van der Waals surface area (Å²) in [6, 6.07) is 11.5. The summed E-state index contributed by atoms with van der Waals surface area (Å²) in [7, 11) is 3.29. The lowest BCUT2D eigenvalue weighted by Gasteiger charge is -2.27. The number of anilines is 3. The number of aromatic nitrogens is 2. The number of hydrogen-bond donors (Lipinski definition) is 2. The Bertz CT molecular complexity index is 1190. The fourth-order valence-corrected chi connectivity index (χ4v) is 4.34. The highest BCUT2D eigenvalue weighted by Crippen LogP contribution is 2.33. The molecule has 2 aromatic carbocycles. The zero-order chi connectivity index (χ0) is 23.9. The van der Waals surface area contributed by atoms with E-state index in [-0.39, 0.29) is 5.91 Å². The molecule has 1 aliphatic rings. The Morgan fingerprint density at radius 3 is 2.74 bits per heavy atom. The van der Waals surface area contributed by atoms with Gasteiger partial charge >= 0.3 is 0 Å². The third-order valence-electron chi connectivity index (χ3n) is 5.75. The molecular weight excluding hydrogens is 498 g/mol. The molecule has 0 unspecified atom stereocenters. The average molecular weight is 526 g/mol. The fourth-order valence-electron chi connectivity index (χ4n) is 3.94. The Kier molecular flexibility index (Phi) is 8.10. The number of ether oxygens (including phenoxy) is 2. The van der Waals surface area contributed by atoms with Gasteiger partial charge in [0.1, 0.15) is 17.9 Å². The van der Waals surface area contributed by atoms with Crippen molar-refractivity contribution >= 4 is 49.9 Å². The number of methoxy groups -OCH3 is 2. The van der Waals surface area contributed by atoms with Gasteiger partial charge in [0.25, 0.3) is 0 Å². The molecule has 178 valence electrons. The minimum atomic E-state index is -0.170. The maximum Gasteiger partial charge on any atom is 0.248 e. The van der Waals surface area contributed by atoms with Crippen LogP contribution >= 0.6 is 15.9 Å². The standard InChI is InChI=1S/C25H28BrN5O3/c1-33-11-10-31-8-6-17(7-9-31)12-24(32)30-22-14-20-21(15-23(22)34-2)27-16-28-25(20)29-19-5-3-4-18(26)13-19/h3-5,12-16H,6-11H2,1-2H3,(H,30,32)(H,27,28,29). The Labute approximate surface area is 207 Å². The molecule has 0 spiro atoms. The highest BCUT2D eigenvalue weighted by Gasteiger charge is 2.16. The number of nitrogens with one attached hydrogen (secondary N) is 2. The smallest absolute Gasteiger partial charge is 0.248 e. The summed E-state index contributed by atoms with van der Waals surface area (Å²) in [4.78, 5) is 24.0. The molecule has 1 aliphatic heterocycles. The third kappa shape index (κ3) is 6.11. The van der Waals surface area contributed by atoms with Crippen molar-refractivity contribution in [3.63, 3.8) is 0 Å². The Balaban J connectivity index is 1.53. The van der Waals surface area contributed by atoms with E-state index in [0.717, 1.165) is 60.2 Å². The van der Waals surface area contributed by atoms with Crippen LogP contribution in [-0.4, -0.2) is 61.2 Å². The molecule has 2 N–H and O–H groups in total. The Hall–Kier alpha value is -3.01. The molecule has 2 heterocycles. The molecule has 3 aromatic rings. The van der Waals surface area contributed by atoms with E-state index in [4.69, 9.17) is 9.47 Å². The monoisotopic (exact) mass is 525 g/mol. The maximum absolute atomic E-state index is 12.8. The third-order valence-corrected chi connectivity index (χ3v) is 6.24. The van der Waals surface area contributed by atoms with Crippen LogP contribution in [0.15, 0.2) is 58.8 Å². The summed E-state index contributed by atoms with van der Waals surface area (Å²) in [6.45, 7) is 3.51. The lowest BCUT2D eigenvalue weighted by Crippen LogP contribution is -2.33. The van der Waals surface area contributed by atoms with Crippen molar-refractivity contribution in [3.05, 3.63) is 58.8 Å². The van der Waals surface area contributed by atoms with Crippen LogP contribution < -0.4 is 15.4 Å². The number of carbonyl (C=O) groups is 1. The first-order chi connectivity index (χ1) is 16.6. The van der Waals surface area contributed by atoms with Crippen LogP contribution in [0.25, 0.3) is 10.9 Å². The number of halogens is 1. The molecular formula is C25H28BrN5O3. The number of hydrogen-bond acceptors (Lipinski definition) is 7. The molecule has 1 saturated heterocycles. The predicted octanol–water partition coefficient (Wildman–Crippen LogP) is 4.75. The van der Waals surface area contributed by atoms with Crippen LogP contribution in [0.3, 0.4) is 0 Å². The summed E-state index contributed by atoms with van der Waals surface area (Å²) in [5.41, 5.74) is 3.31. The van der Waals surface area contributed by atoms with E-state index in [0.29, 0.717) is 22.8 Å². The lowest BCUT2D eigenvalue weighted by atomic mass is 10.0. The second-order valence-electron chi connectivity index (χ2n) is 8.05. The van der Waals surface area contributed by atoms with Crippen LogP contribution in [0.4, 0.5) is 17.2 Å². The number of carbonyl (C=O) groups excluding carboxylic acids is 1. The molecule has 9 heteroatoms. The van der Waals surface area contributed by atoms with Gasteiger partial charge < -0.3 is 25.0 Å². The molecule has 0 bridgehead atoms. The first-order valence-corrected chi connectivity index (χ1v) is 11.9. The summed E-state index contributed by atoms with van der Waals surface area (Å²) < 4.78 is 11.6. The zero-order valence-electron chi connectivity index (χ0n) is 19.3. The largest absolute Gasteiger partial charge is 0.494 e. The second kappa shape index (κ2) is 11.4. The highest BCUT2D eigenvalue weighted by atomic mass is 79.9. The van der Waals surface area contributed by atoms with Gasteiger partial charge in [0.2, 0.25) is 5.91 Å². The molecule has 1 aromatic heterocycles. The average Bonchev–Trinajstić information content (AvgIpc) is 2.83. The van der Waals surface area contributed by atoms with E-state index in [9.17, 15) is 4.79 Å². The van der Waals surface area contributed by atoms with Gasteiger partial charge in [-0.3, -0.25) is 4.79 Å². The van der Waals surface area contributed by atoms with Crippen molar-refractivity contribution in [2.24, 2.45) is 0 Å². The van der Waals surface area contributed by atoms with Crippen molar-refractivity contribution < 1.29 is 14.3 Å². The van der Waals surface area contributed by atoms with Gasteiger partial charge in [0.15, 0.2) is 0 Å². The molecule has 0 aliphatic carbocycles. The molecule has 1 amide bonds. The molecule has 0 atom stereocenters. The SMILES string of the molecule is COCCN1CCC(=CC(=O)Nc2cc3c(Nc4cccc(Br)c4)ncnc3cc2OC)CC1. The van der Waals surface area contributed by atoms with Crippen molar-refractivity contribution in [3.8, 4) is 5.75 Å². The number of amides is 1. The summed E-state index contributed by atoms with van der Waals surface area (Å²) >= 11 is 3.49. The van der Waals surface area contributed by atoms with Gasteiger partial charge in [0, 0.05) is 54.4 Å². The molecule has 34 heavy (non-hydrogen) atoms. The van der Waals surface area contributed by atoms with E-state index in [1.54, 1.807) is 26.4 Å². The zero-order valence-corrected chi connectivity index (χ0v) is 20.9. The first kappa shape index (κ1) is 24.1.